The molecule has 1 aliphatic rings. The Morgan fingerprint density at radius 2 is 1.54 bits per heavy atom. The number of rotatable bonds is 5. The Hall–Kier alpha value is -2.69. The highest BCUT2D eigenvalue weighted by Gasteiger charge is 2.42. The summed E-state index contributed by atoms with van der Waals surface area (Å²) in [6.07, 6.45) is 1.10. The second-order valence-corrected chi connectivity index (χ2v) is 6.03. The second kappa shape index (κ2) is 6.83. The van der Waals surface area contributed by atoms with Gasteiger partial charge in [0.25, 0.3) is 0 Å². The molecule has 24 heavy (non-hydrogen) atoms. The molecule has 0 radical (unpaired) electrons. The molecule has 0 bridgehead atoms. The molecule has 3 rings (SSSR count). The lowest BCUT2D eigenvalue weighted by molar-refractivity contribution is -0.152. The van der Waals surface area contributed by atoms with E-state index in [4.69, 9.17) is 5.11 Å². The van der Waals surface area contributed by atoms with Gasteiger partial charge in [-0.05, 0) is 36.1 Å². The van der Waals surface area contributed by atoms with Crippen molar-refractivity contribution in [2.75, 3.05) is 0 Å². The summed E-state index contributed by atoms with van der Waals surface area (Å²) < 4.78 is 13.2. The summed E-state index contributed by atoms with van der Waals surface area (Å²) in [6, 6.07) is 14.9. The first-order valence-electron chi connectivity index (χ1n) is 7.90. The maximum Gasteiger partial charge on any atom is 0.307 e. The molecule has 1 fully saturated rings. The Morgan fingerprint density at radius 1 is 0.958 bits per heavy atom. The smallest absolute Gasteiger partial charge is 0.307 e. The number of amides is 1. The average Bonchev–Trinajstić information content (AvgIpc) is 2.53. The Kier molecular flexibility index (Phi) is 4.60. The van der Waals surface area contributed by atoms with Crippen LogP contribution in [0.5, 0.6) is 0 Å². The number of carbonyl (C=O) groups excluding carboxylic acids is 1. The van der Waals surface area contributed by atoms with Crippen LogP contribution in [-0.4, -0.2) is 17.0 Å². The summed E-state index contributed by atoms with van der Waals surface area (Å²) in [4.78, 5) is 23.7. The van der Waals surface area contributed by atoms with Crippen molar-refractivity contribution in [3.63, 3.8) is 0 Å². The third kappa shape index (κ3) is 3.30. The summed E-state index contributed by atoms with van der Waals surface area (Å²) in [6.45, 7) is 0. The molecule has 2 aromatic rings. The van der Waals surface area contributed by atoms with Crippen molar-refractivity contribution < 1.29 is 19.1 Å². The highest BCUT2D eigenvalue weighted by atomic mass is 19.1. The summed E-state index contributed by atoms with van der Waals surface area (Å²) in [5.74, 6) is -2.67. The number of halogens is 1. The van der Waals surface area contributed by atoms with Crippen molar-refractivity contribution in [1.82, 2.24) is 5.32 Å². The van der Waals surface area contributed by atoms with E-state index in [9.17, 15) is 14.0 Å². The van der Waals surface area contributed by atoms with Gasteiger partial charge in [0, 0.05) is 0 Å². The highest BCUT2D eigenvalue weighted by molar-refractivity contribution is 5.86. The van der Waals surface area contributed by atoms with E-state index >= 15 is 0 Å². The molecule has 0 aliphatic heterocycles. The number of aliphatic carboxylic acids is 1. The van der Waals surface area contributed by atoms with Gasteiger partial charge < -0.3 is 10.4 Å². The van der Waals surface area contributed by atoms with Crippen LogP contribution in [-0.2, 0) is 9.59 Å². The summed E-state index contributed by atoms with van der Waals surface area (Å²) in [5.41, 5.74) is 1.62. The molecule has 1 aliphatic carbocycles. The number of carboxylic acid groups (broad SMARTS) is 1. The SMILES string of the molecule is O=C(O)C1CCC1C(=O)NC(c1ccccc1)c1ccc(F)cc1. The molecule has 1 amide bonds. The van der Waals surface area contributed by atoms with Crippen LogP contribution in [0.2, 0.25) is 0 Å². The van der Waals surface area contributed by atoms with Gasteiger partial charge in [0.05, 0.1) is 17.9 Å². The monoisotopic (exact) mass is 327 g/mol. The summed E-state index contributed by atoms with van der Waals surface area (Å²) in [5, 5.41) is 12.1. The zero-order chi connectivity index (χ0) is 17.1. The first-order valence-corrected chi connectivity index (χ1v) is 7.90. The maximum atomic E-state index is 13.2. The molecule has 2 N–H and O–H groups in total. The van der Waals surface area contributed by atoms with E-state index in [2.05, 4.69) is 5.32 Å². The average molecular weight is 327 g/mol. The van der Waals surface area contributed by atoms with Crippen LogP contribution < -0.4 is 5.32 Å². The van der Waals surface area contributed by atoms with Gasteiger partial charge in [0.2, 0.25) is 5.91 Å². The molecule has 0 saturated heterocycles. The first-order chi connectivity index (χ1) is 11.6. The quantitative estimate of drug-likeness (QED) is 0.886. The lowest BCUT2D eigenvalue weighted by Gasteiger charge is -2.33. The van der Waals surface area contributed by atoms with Crippen molar-refractivity contribution in [3.05, 3.63) is 71.5 Å². The molecule has 3 unspecified atom stereocenters. The normalized spacial score (nSPS) is 20.7. The van der Waals surface area contributed by atoms with Crippen molar-refractivity contribution in [2.45, 2.75) is 18.9 Å². The lowest BCUT2D eigenvalue weighted by atomic mass is 9.73. The van der Waals surface area contributed by atoms with Crippen molar-refractivity contribution in [3.8, 4) is 0 Å². The fraction of sp³-hybridized carbons (Fsp3) is 0.263. The van der Waals surface area contributed by atoms with E-state index in [-0.39, 0.29) is 11.7 Å². The van der Waals surface area contributed by atoms with Crippen LogP contribution >= 0.6 is 0 Å². The fourth-order valence-corrected chi connectivity index (χ4v) is 3.02. The van der Waals surface area contributed by atoms with Gasteiger partial charge in [0.1, 0.15) is 5.82 Å². The predicted molar refractivity (Wildman–Crippen MR) is 86.7 cm³/mol. The fourth-order valence-electron chi connectivity index (χ4n) is 3.02. The minimum absolute atomic E-state index is 0.271. The number of benzene rings is 2. The predicted octanol–water partition coefficient (Wildman–Crippen LogP) is 3.14. The van der Waals surface area contributed by atoms with Crippen LogP contribution in [0.1, 0.15) is 30.0 Å². The van der Waals surface area contributed by atoms with Gasteiger partial charge in [0.15, 0.2) is 0 Å². The van der Waals surface area contributed by atoms with Crippen molar-refractivity contribution in [1.29, 1.82) is 0 Å². The van der Waals surface area contributed by atoms with Gasteiger partial charge in [-0.15, -0.1) is 0 Å². The van der Waals surface area contributed by atoms with Gasteiger partial charge in [-0.3, -0.25) is 9.59 Å². The molecule has 2 aromatic carbocycles. The molecule has 3 atom stereocenters. The van der Waals surface area contributed by atoms with Crippen molar-refractivity contribution in [2.24, 2.45) is 11.8 Å². The molecular weight excluding hydrogens is 309 g/mol. The molecule has 0 heterocycles. The Morgan fingerprint density at radius 3 is 2.08 bits per heavy atom. The standard InChI is InChI=1S/C19H18FNO3/c20-14-8-6-13(7-9-14)17(12-4-2-1-3-5-12)21-18(22)15-10-11-16(15)19(23)24/h1-9,15-17H,10-11H2,(H,21,22)(H,23,24). The van der Waals surface area contributed by atoms with E-state index in [1.165, 1.54) is 12.1 Å². The lowest BCUT2D eigenvalue weighted by Crippen LogP contribution is -2.45. The van der Waals surface area contributed by atoms with Gasteiger partial charge in [-0.1, -0.05) is 42.5 Å². The van der Waals surface area contributed by atoms with Crippen LogP contribution in [0.25, 0.3) is 0 Å². The number of hydrogen-bond donors (Lipinski definition) is 2. The van der Waals surface area contributed by atoms with Gasteiger partial charge >= 0.3 is 5.97 Å². The zero-order valence-electron chi connectivity index (χ0n) is 13.0. The van der Waals surface area contributed by atoms with Crippen LogP contribution in [0.15, 0.2) is 54.6 Å². The van der Waals surface area contributed by atoms with Crippen LogP contribution in [0.3, 0.4) is 0 Å². The minimum Gasteiger partial charge on any atom is -0.481 e. The molecule has 124 valence electrons. The number of hydrogen-bond acceptors (Lipinski definition) is 2. The number of carboxylic acids is 1. The number of nitrogens with one attached hydrogen (secondary N) is 1. The highest BCUT2D eigenvalue weighted by Crippen LogP contribution is 2.35. The zero-order valence-corrected chi connectivity index (χ0v) is 13.0. The largest absolute Gasteiger partial charge is 0.481 e. The summed E-state index contributed by atoms with van der Waals surface area (Å²) >= 11 is 0. The van der Waals surface area contributed by atoms with Crippen molar-refractivity contribution >= 4 is 11.9 Å². The molecule has 5 heteroatoms. The molecular formula is C19H18FNO3. The molecule has 4 nitrogen and oxygen atoms in total. The second-order valence-electron chi connectivity index (χ2n) is 6.03. The van der Waals surface area contributed by atoms with Crippen LogP contribution in [0, 0.1) is 17.7 Å². The minimum atomic E-state index is -0.931. The molecule has 0 aromatic heterocycles. The Labute approximate surface area is 139 Å². The third-order valence-electron chi connectivity index (χ3n) is 4.55. The van der Waals surface area contributed by atoms with Crippen LogP contribution in [0.4, 0.5) is 4.39 Å². The van der Waals surface area contributed by atoms with E-state index in [0.29, 0.717) is 12.8 Å². The Balaban J connectivity index is 1.84. The first kappa shape index (κ1) is 16.2. The maximum absolute atomic E-state index is 13.2. The topological polar surface area (TPSA) is 66.4 Å². The van der Waals surface area contributed by atoms with E-state index in [1.54, 1.807) is 12.1 Å². The van der Waals surface area contributed by atoms with E-state index in [0.717, 1.165) is 11.1 Å². The molecule has 1 saturated carbocycles. The Bertz CT molecular complexity index is 730. The summed E-state index contributed by atoms with van der Waals surface area (Å²) in [7, 11) is 0. The third-order valence-corrected chi connectivity index (χ3v) is 4.55. The molecule has 0 spiro atoms. The van der Waals surface area contributed by atoms with E-state index < -0.39 is 23.8 Å². The number of carbonyl (C=O) groups is 2. The van der Waals surface area contributed by atoms with Gasteiger partial charge in [-0.25, -0.2) is 4.39 Å². The van der Waals surface area contributed by atoms with E-state index in [1.807, 2.05) is 30.3 Å². The van der Waals surface area contributed by atoms with Gasteiger partial charge in [-0.2, -0.15) is 0 Å².